The third-order valence-corrected chi connectivity index (χ3v) is 5.45. The van der Waals surface area contributed by atoms with E-state index < -0.39 is 0 Å². The van der Waals surface area contributed by atoms with Gasteiger partial charge in [-0.15, -0.1) is 0 Å². The van der Waals surface area contributed by atoms with Gasteiger partial charge in [-0.3, -0.25) is 0 Å². The van der Waals surface area contributed by atoms with Crippen LogP contribution < -0.4 is 4.90 Å². The van der Waals surface area contributed by atoms with Gasteiger partial charge in [0.1, 0.15) is 5.65 Å². The number of aromatic nitrogens is 2. The number of aryl methyl sites for hydroxylation is 1. The molecule has 152 valence electrons. The van der Waals surface area contributed by atoms with Gasteiger partial charge in [-0.2, -0.15) is 0 Å². The number of benzene rings is 2. The van der Waals surface area contributed by atoms with Crippen LogP contribution in [-0.4, -0.2) is 23.0 Å². The first-order valence-electron chi connectivity index (χ1n) is 10.7. The fourth-order valence-electron chi connectivity index (χ4n) is 3.56. The lowest BCUT2D eigenvalue weighted by Gasteiger charge is -2.18. The predicted octanol–water partition coefficient (Wildman–Crippen LogP) is 6.72. The zero-order chi connectivity index (χ0) is 20.9. The van der Waals surface area contributed by atoms with Crippen LogP contribution in [0.25, 0.3) is 29.1 Å². The van der Waals surface area contributed by atoms with E-state index in [1.54, 1.807) is 0 Å². The summed E-state index contributed by atoms with van der Waals surface area (Å²) < 4.78 is 2.09. The maximum atomic E-state index is 4.73. The molecule has 0 saturated heterocycles. The van der Waals surface area contributed by atoms with Gasteiger partial charge in [0.25, 0.3) is 0 Å². The lowest BCUT2D eigenvalue weighted by atomic mass is 10.1. The maximum Gasteiger partial charge on any atom is 0.137 e. The number of pyridine rings is 1. The minimum atomic E-state index is 0.975. The highest BCUT2D eigenvalue weighted by atomic mass is 15.1. The van der Waals surface area contributed by atoms with Crippen LogP contribution in [0.1, 0.15) is 36.5 Å². The molecule has 0 saturated carbocycles. The summed E-state index contributed by atoms with van der Waals surface area (Å²) in [4.78, 5) is 7.05. The van der Waals surface area contributed by atoms with Crippen LogP contribution in [-0.2, 0) is 0 Å². The number of imidazole rings is 1. The number of fused-ring (bicyclic) bond motifs is 1. The number of nitrogens with zero attached hydrogens (tertiary/aromatic N) is 3. The highest BCUT2D eigenvalue weighted by Gasteiger charge is 2.04. The molecule has 0 bridgehead atoms. The summed E-state index contributed by atoms with van der Waals surface area (Å²) in [5, 5.41) is 0. The number of hydrogen-bond acceptors (Lipinski definition) is 2. The van der Waals surface area contributed by atoms with E-state index in [2.05, 4.69) is 115 Å². The molecule has 0 aliphatic heterocycles. The first-order chi connectivity index (χ1) is 14.6. The van der Waals surface area contributed by atoms with Gasteiger partial charge in [-0.1, -0.05) is 68.0 Å². The Morgan fingerprint density at radius 3 is 2.20 bits per heavy atom. The Labute approximate surface area is 179 Å². The average Bonchev–Trinajstić information content (AvgIpc) is 3.20. The molecule has 0 N–H and O–H groups in total. The van der Waals surface area contributed by atoms with Gasteiger partial charge < -0.3 is 9.30 Å². The van der Waals surface area contributed by atoms with Crippen LogP contribution in [0.15, 0.2) is 73.1 Å². The van der Waals surface area contributed by atoms with Crippen molar-refractivity contribution in [3.63, 3.8) is 0 Å². The minimum Gasteiger partial charge on any atom is -0.375 e. The fourth-order valence-corrected chi connectivity index (χ4v) is 3.56. The Hall–Kier alpha value is -3.33. The summed E-state index contributed by atoms with van der Waals surface area (Å²) in [6.07, 6.45) is 11.0. The van der Waals surface area contributed by atoms with E-state index in [9.17, 15) is 0 Å². The van der Waals surface area contributed by atoms with Gasteiger partial charge in [0.05, 0.1) is 5.69 Å². The van der Waals surface area contributed by atoms with Crippen molar-refractivity contribution in [2.45, 2.75) is 26.7 Å². The second kappa shape index (κ2) is 9.00. The lowest BCUT2D eigenvalue weighted by molar-refractivity contribution is 0.767. The number of unbranched alkanes of at least 4 members (excludes halogenated alkanes) is 1. The summed E-state index contributed by atoms with van der Waals surface area (Å²) in [5.41, 5.74) is 8.00. The van der Waals surface area contributed by atoms with Crippen LogP contribution in [0.3, 0.4) is 0 Å². The van der Waals surface area contributed by atoms with E-state index in [1.807, 2.05) is 0 Å². The normalized spacial score (nSPS) is 11.4. The molecule has 0 fully saturated rings. The number of anilines is 1. The molecule has 0 atom stereocenters. The van der Waals surface area contributed by atoms with E-state index in [1.165, 1.54) is 35.2 Å². The summed E-state index contributed by atoms with van der Waals surface area (Å²) in [6.45, 7) is 5.43. The predicted molar refractivity (Wildman–Crippen MR) is 129 cm³/mol. The first kappa shape index (κ1) is 20.0. The number of rotatable bonds is 7. The monoisotopic (exact) mass is 395 g/mol. The maximum absolute atomic E-state index is 4.73. The molecular formula is C27H29N3. The summed E-state index contributed by atoms with van der Waals surface area (Å²) in [7, 11) is 2.16. The van der Waals surface area contributed by atoms with Crippen molar-refractivity contribution in [3.05, 3.63) is 89.7 Å². The molecule has 2 aromatic heterocycles. The Morgan fingerprint density at radius 1 is 0.867 bits per heavy atom. The zero-order valence-electron chi connectivity index (χ0n) is 18.0. The SMILES string of the molecule is CCCCN(C)c1ccc(C=Cc2ccc(-c3cn4cc(C)ccc4n3)cc2)cc1. The molecule has 0 radical (unpaired) electrons. The third-order valence-electron chi connectivity index (χ3n) is 5.45. The Bertz CT molecular complexity index is 1140. The van der Waals surface area contributed by atoms with Crippen molar-refractivity contribution < 1.29 is 0 Å². The molecule has 2 heterocycles. The first-order valence-corrected chi connectivity index (χ1v) is 10.7. The van der Waals surface area contributed by atoms with Crippen molar-refractivity contribution in [2.24, 2.45) is 0 Å². The summed E-state index contributed by atoms with van der Waals surface area (Å²) in [5.74, 6) is 0. The van der Waals surface area contributed by atoms with Crippen LogP contribution in [0.5, 0.6) is 0 Å². The molecule has 30 heavy (non-hydrogen) atoms. The van der Waals surface area contributed by atoms with Crippen molar-refractivity contribution in [1.82, 2.24) is 9.38 Å². The second-order valence-corrected chi connectivity index (χ2v) is 7.92. The van der Waals surface area contributed by atoms with E-state index >= 15 is 0 Å². The standard InChI is InChI=1S/C27H29N3/c1-4-5-18-29(3)25-15-11-23(12-16-25)8-7-22-9-13-24(14-10-22)26-20-30-19-21(2)6-17-27(30)28-26/h6-17,19-20H,4-5,18H2,1-3H3. The Balaban J connectivity index is 1.44. The molecule has 0 spiro atoms. The summed E-state index contributed by atoms with van der Waals surface area (Å²) in [6, 6.07) is 21.5. The molecular weight excluding hydrogens is 366 g/mol. The topological polar surface area (TPSA) is 20.5 Å². The largest absolute Gasteiger partial charge is 0.375 e. The van der Waals surface area contributed by atoms with Gasteiger partial charge in [0.15, 0.2) is 0 Å². The molecule has 0 amide bonds. The number of hydrogen-bond donors (Lipinski definition) is 0. The molecule has 2 aromatic carbocycles. The van der Waals surface area contributed by atoms with E-state index in [-0.39, 0.29) is 0 Å². The van der Waals surface area contributed by atoms with Crippen LogP contribution in [0.4, 0.5) is 5.69 Å². The molecule has 4 rings (SSSR count). The molecule has 3 heteroatoms. The van der Waals surface area contributed by atoms with Gasteiger partial charge in [-0.05, 0) is 48.2 Å². The fraction of sp³-hybridized carbons (Fsp3) is 0.222. The summed E-state index contributed by atoms with van der Waals surface area (Å²) >= 11 is 0. The highest BCUT2D eigenvalue weighted by Crippen LogP contribution is 2.21. The van der Waals surface area contributed by atoms with Gasteiger partial charge in [0.2, 0.25) is 0 Å². The molecule has 0 aliphatic carbocycles. The molecule has 0 unspecified atom stereocenters. The van der Waals surface area contributed by atoms with E-state index in [0.717, 1.165) is 23.4 Å². The van der Waals surface area contributed by atoms with Gasteiger partial charge in [-0.25, -0.2) is 4.98 Å². The van der Waals surface area contributed by atoms with E-state index in [4.69, 9.17) is 4.98 Å². The minimum absolute atomic E-state index is 0.975. The third kappa shape index (κ3) is 4.62. The average molecular weight is 396 g/mol. The van der Waals surface area contributed by atoms with Gasteiger partial charge in [0, 0.05) is 37.2 Å². The Morgan fingerprint density at radius 2 is 1.53 bits per heavy atom. The van der Waals surface area contributed by atoms with Crippen molar-refractivity contribution in [2.75, 3.05) is 18.5 Å². The molecule has 0 aliphatic rings. The second-order valence-electron chi connectivity index (χ2n) is 7.92. The molecule has 4 aromatic rings. The lowest BCUT2D eigenvalue weighted by Crippen LogP contribution is -2.17. The highest BCUT2D eigenvalue weighted by molar-refractivity contribution is 5.72. The van der Waals surface area contributed by atoms with Crippen LogP contribution in [0, 0.1) is 6.92 Å². The van der Waals surface area contributed by atoms with E-state index in [0.29, 0.717) is 0 Å². The van der Waals surface area contributed by atoms with Crippen molar-refractivity contribution >= 4 is 23.5 Å². The Kier molecular flexibility index (Phi) is 5.99. The smallest absolute Gasteiger partial charge is 0.137 e. The van der Waals surface area contributed by atoms with Crippen LogP contribution >= 0.6 is 0 Å². The van der Waals surface area contributed by atoms with Crippen molar-refractivity contribution in [3.8, 4) is 11.3 Å². The molecule has 3 nitrogen and oxygen atoms in total. The van der Waals surface area contributed by atoms with Crippen LogP contribution in [0.2, 0.25) is 0 Å². The van der Waals surface area contributed by atoms with Crippen molar-refractivity contribution in [1.29, 1.82) is 0 Å². The quantitative estimate of drug-likeness (QED) is 0.324. The van der Waals surface area contributed by atoms with Gasteiger partial charge >= 0.3 is 0 Å². The zero-order valence-corrected chi connectivity index (χ0v) is 18.0.